The first kappa shape index (κ1) is 47.0. The number of hydrogen-bond acceptors (Lipinski definition) is 13. The number of aromatic nitrogens is 4. The van der Waals surface area contributed by atoms with Crippen molar-refractivity contribution in [3.63, 3.8) is 0 Å². The summed E-state index contributed by atoms with van der Waals surface area (Å²) in [6.45, 7) is 3.55. The average molecular weight is 762 g/mol. The van der Waals surface area contributed by atoms with Gasteiger partial charge in [0.05, 0.1) is 45.4 Å². The number of rotatable bonds is 37. The van der Waals surface area contributed by atoms with Crippen molar-refractivity contribution < 1.29 is 46.5 Å². The van der Waals surface area contributed by atoms with Gasteiger partial charge in [0.1, 0.15) is 13.2 Å². The van der Waals surface area contributed by atoms with Crippen LogP contribution in [0, 0.1) is 0 Å². The molecule has 0 aliphatic heterocycles. The molecule has 0 unspecified atom stereocenters. The number of sulfonamides is 1. The summed E-state index contributed by atoms with van der Waals surface area (Å²) >= 11 is 0. The van der Waals surface area contributed by atoms with E-state index in [4.69, 9.17) is 18.9 Å². The van der Waals surface area contributed by atoms with Crippen LogP contribution in [0.25, 0.3) is 0 Å². The number of tetrazole rings is 1. The fourth-order valence-electron chi connectivity index (χ4n) is 4.99. The number of carbonyl (C=O) groups excluding carboxylic acids is 4. The SMILES string of the molecule is CC(=O)COCCOCCNC(=O)COCCOCCNC(=O)CCCS(=O)(=O)NC(=O)CCCCCCCCCCCCCCCc1nn[nH]n1. The molecule has 0 atom stereocenters. The molecule has 1 rings (SSSR count). The Hall–Kier alpha value is -3.06. The number of unbranched alkanes of at least 4 members (excludes halogenated alkanes) is 12. The summed E-state index contributed by atoms with van der Waals surface area (Å²) in [6.07, 6.45) is 15.9. The molecule has 4 N–H and O–H groups in total. The molecule has 52 heavy (non-hydrogen) atoms. The van der Waals surface area contributed by atoms with Gasteiger partial charge in [-0.05, 0) is 26.2 Å². The molecule has 0 aliphatic carbocycles. The number of aryl methyl sites for hydroxylation is 1. The number of hydrogen-bond donors (Lipinski definition) is 4. The zero-order valence-electron chi connectivity index (χ0n) is 31.1. The van der Waals surface area contributed by atoms with Gasteiger partial charge >= 0.3 is 0 Å². The minimum absolute atomic E-state index is 0.00949. The first-order valence-electron chi connectivity index (χ1n) is 18.8. The van der Waals surface area contributed by atoms with Crippen molar-refractivity contribution in [3.8, 4) is 0 Å². The zero-order chi connectivity index (χ0) is 38.0. The summed E-state index contributed by atoms with van der Waals surface area (Å²) in [5.41, 5.74) is 0. The molecule has 0 spiro atoms. The van der Waals surface area contributed by atoms with Crippen LogP contribution in [0.4, 0.5) is 0 Å². The molecule has 3 amide bonds. The van der Waals surface area contributed by atoms with Crippen LogP contribution in [0.5, 0.6) is 0 Å². The van der Waals surface area contributed by atoms with Crippen LogP contribution in [0.1, 0.15) is 115 Å². The molecular formula is C34H63N7O10S. The van der Waals surface area contributed by atoms with Gasteiger partial charge in [0.25, 0.3) is 0 Å². The Morgan fingerprint density at radius 1 is 0.596 bits per heavy atom. The molecule has 1 aromatic rings. The minimum atomic E-state index is -3.79. The summed E-state index contributed by atoms with van der Waals surface area (Å²) in [6, 6.07) is 0. The fourth-order valence-corrected chi connectivity index (χ4v) is 6.06. The topological polar surface area (TPSA) is 230 Å². The number of aromatic amines is 1. The minimum Gasteiger partial charge on any atom is -0.377 e. The molecule has 0 fully saturated rings. The monoisotopic (exact) mass is 761 g/mol. The van der Waals surface area contributed by atoms with E-state index in [-0.39, 0.29) is 82.2 Å². The van der Waals surface area contributed by atoms with Crippen molar-refractivity contribution in [2.45, 2.75) is 116 Å². The number of nitrogens with zero attached hydrogens (tertiary/aromatic N) is 3. The van der Waals surface area contributed by atoms with E-state index in [1.807, 2.05) is 0 Å². The van der Waals surface area contributed by atoms with E-state index < -0.39 is 15.9 Å². The second kappa shape index (κ2) is 32.6. The van der Waals surface area contributed by atoms with Crippen molar-refractivity contribution in [2.24, 2.45) is 0 Å². The van der Waals surface area contributed by atoms with Crippen LogP contribution in [0.3, 0.4) is 0 Å². The molecule has 0 aliphatic rings. The summed E-state index contributed by atoms with van der Waals surface area (Å²) in [4.78, 5) is 46.5. The summed E-state index contributed by atoms with van der Waals surface area (Å²) in [7, 11) is -3.79. The number of carbonyl (C=O) groups is 4. The van der Waals surface area contributed by atoms with Gasteiger partial charge in [0.15, 0.2) is 11.6 Å². The van der Waals surface area contributed by atoms with Gasteiger partial charge in [-0.15, -0.1) is 10.2 Å². The lowest BCUT2D eigenvalue weighted by Gasteiger charge is -2.09. The molecule has 17 nitrogen and oxygen atoms in total. The summed E-state index contributed by atoms with van der Waals surface area (Å²) in [5, 5.41) is 19.3. The Morgan fingerprint density at radius 3 is 1.65 bits per heavy atom. The third-order valence-electron chi connectivity index (χ3n) is 7.70. The van der Waals surface area contributed by atoms with Gasteiger partial charge in [0.2, 0.25) is 27.7 Å². The Bertz CT molecular complexity index is 1170. The van der Waals surface area contributed by atoms with Crippen molar-refractivity contribution in [1.29, 1.82) is 0 Å². The zero-order valence-corrected chi connectivity index (χ0v) is 31.9. The molecule has 0 radical (unpaired) electrons. The standard InChI is InChI=1S/C34H63N7O10S/c1-30(42)28-50-25-23-49-22-20-36-34(45)29-51-26-24-48-21-19-35-32(43)18-15-27-52(46,47)39-33(44)17-14-12-10-8-6-4-2-3-5-7-9-11-13-16-31-37-40-41-38-31/h2-29H2,1H3,(H,35,43)(H,36,45)(H,39,44)(H,37,38,40,41). The average Bonchev–Trinajstić information content (AvgIpc) is 3.62. The van der Waals surface area contributed by atoms with Gasteiger partial charge in [-0.3, -0.25) is 23.9 Å². The van der Waals surface area contributed by atoms with Gasteiger partial charge in [0, 0.05) is 32.4 Å². The van der Waals surface area contributed by atoms with E-state index in [2.05, 4.69) is 36.0 Å². The highest BCUT2D eigenvalue weighted by atomic mass is 32.2. The molecular weight excluding hydrogens is 698 g/mol. The van der Waals surface area contributed by atoms with Crippen molar-refractivity contribution in [1.82, 2.24) is 36.0 Å². The smallest absolute Gasteiger partial charge is 0.246 e. The maximum absolute atomic E-state index is 12.2. The van der Waals surface area contributed by atoms with Crippen molar-refractivity contribution in [3.05, 3.63) is 5.82 Å². The Balaban J connectivity index is 1.85. The maximum atomic E-state index is 12.2. The molecule has 0 aromatic carbocycles. The second-order valence-corrected chi connectivity index (χ2v) is 14.4. The molecule has 1 aromatic heterocycles. The van der Waals surface area contributed by atoms with E-state index in [1.165, 1.54) is 58.3 Å². The fraction of sp³-hybridized carbons (Fsp3) is 0.853. The molecule has 18 heteroatoms. The van der Waals surface area contributed by atoms with Gasteiger partial charge < -0.3 is 29.6 Å². The van der Waals surface area contributed by atoms with Gasteiger partial charge in [-0.1, -0.05) is 75.8 Å². The number of amides is 3. The highest BCUT2D eigenvalue weighted by Crippen LogP contribution is 2.13. The third kappa shape index (κ3) is 31.7. The Labute approximate surface area is 309 Å². The number of Topliss-reactive ketones (excluding diaryl/α,β-unsaturated/α-hetero) is 1. The van der Waals surface area contributed by atoms with Crippen molar-refractivity contribution in [2.75, 3.05) is 71.7 Å². The van der Waals surface area contributed by atoms with E-state index >= 15 is 0 Å². The first-order chi connectivity index (χ1) is 25.2. The lowest BCUT2D eigenvalue weighted by molar-refractivity contribution is -0.127. The summed E-state index contributed by atoms with van der Waals surface area (Å²) < 4.78 is 47.5. The number of nitrogens with one attached hydrogen (secondary N) is 4. The summed E-state index contributed by atoms with van der Waals surface area (Å²) in [5.74, 6) is -0.674. The van der Waals surface area contributed by atoms with E-state index in [1.54, 1.807) is 0 Å². The van der Waals surface area contributed by atoms with E-state index in [0.29, 0.717) is 32.8 Å². The number of ether oxygens (including phenoxy) is 4. The number of H-pyrrole nitrogens is 1. The molecule has 300 valence electrons. The predicted octanol–water partition coefficient (Wildman–Crippen LogP) is 2.32. The highest BCUT2D eigenvalue weighted by Gasteiger charge is 2.15. The van der Waals surface area contributed by atoms with Crippen LogP contribution in [0.2, 0.25) is 0 Å². The van der Waals surface area contributed by atoms with Crippen LogP contribution in [-0.2, 0) is 54.6 Å². The van der Waals surface area contributed by atoms with Crippen LogP contribution < -0.4 is 15.4 Å². The molecule has 1 heterocycles. The van der Waals surface area contributed by atoms with Gasteiger partial charge in [-0.2, -0.15) is 5.21 Å². The van der Waals surface area contributed by atoms with Crippen molar-refractivity contribution >= 4 is 33.5 Å². The van der Waals surface area contributed by atoms with E-state index in [0.717, 1.165) is 37.9 Å². The van der Waals surface area contributed by atoms with Crippen LogP contribution in [-0.4, -0.2) is 124 Å². The lowest BCUT2D eigenvalue weighted by atomic mass is 10.0. The largest absolute Gasteiger partial charge is 0.377 e. The van der Waals surface area contributed by atoms with E-state index in [9.17, 15) is 27.6 Å². The highest BCUT2D eigenvalue weighted by molar-refractivity contribution is 7.90. The number of ketones is 1. The predicted molar refractivity (Wildman–Crippen MR) is 194 cm³/mol. The first-order valence-corrected chi connectivity index (χ1v) is 20.4. The molecule has 0 saturated heterocycles. The normalized spacial score (nSPS) is 11.4. The second-order valence-electron chi connectivity index (χ2n) is 12.6. The maximum Gasteiger partial charge on any atom is 0.246 e. The van der Waals surface area contributed by atoms with Crippen LogP contribution in [0.15, 0.2) is 0 Å². The Morgan fingerprint density at radius 2 is 1.10 bits per heavy atom. The van der Waals surface area contributed by atoms with Crippen LogP contribution >= 0.6 is 0 Å². The lowest BCUT2D eigenvalue weighted by Crippen LogP contribution is -2.33. The third-order valence-corrected chi connectivity index (χ3v) is 9.06. The van der Waals surface area contributed by atoms with Gasteiger partial charge in [-0.25, -0.2) is 8.42 Å². The Kier molecular flexibility index (Phi) is 29.4. The quantitative estimate of drug-likeness (QED) is 0.0715. The molecule has 0 saturated carbocycles. The molecule has 0 bridgehead atoms.